The SMILES string of the molecule is C1CCC(C2CCCC2)[N]C1. The highest BCUT2D eigenvalue weighted by Crippen LogP contribution is 2.31. The second-order valence-electron chi connectivity index (χ2n) is 4.01. The van der Waals surface area contributed by atoms with Crippen LogP contribution in [-0.2, 0) is 0 Å². The van der Waals surface area contributed by atoms with Crippen LogP contribution in [0, 0.1) is 5.92 Å². The highest BCUT2D eigenvalue weighted by atomic mass is 14.9. The summed E-state index contributed by atoms with van der Waals surface area (Å²) >= 11 is 0. The molecule has 1 heteroatoms. The third kappa shape index (κ3) is 1.76. The zero-order chi connectivity index (χ0) is 7.52. The van der Waals surface area contributed by atoms with Crippen molar-refractivity contribution in [1.29, 1.82) is 0 Å². The Labute approximate surface area is 69.6 Å². The fourth-order valence-electron chi connectivity index (χ4n) is 2.54. The van der Waals surface area contributed by atoms with Crippen molar-refractivity contribution < 1.29 is 0 Å². The Morgan fingerprint density at radius 3 is 2.18 bits per heavy atom. The molecule has 0 N–H and O–H groups in total. The molecule has 0 bridgehead atoms. The highest BCUT2D eigenvalue weighted by Gasteiger charge is 2.26. The van der Waals surface area contributed by atoms with E-state index in [1.54, 1.807) is 0 Å². The summed E-state index contributed by atoms with van der Waals surface area (Å²) < 4.78 is 0. The van der Waals surface area contributed by atoms with E-state index >= 15 is 0 Å². The molecule has 1 unspecified atom stereocenters. The summed E-state index contributed by atoms with van der Waals surface area (Å²) in [6, 6.07) is 0.770. The van der Waals surface area contributed by atoms with Crippen LogP contribution >= 0.6 is 0 Å². The van der Waals surface area contributed by atoms with Crippen LogP contribution in [0.2, 0.25) is 0 Å². The number of nitrogens with zero attached hydrogens (tertiary/aromatic N) is 1. The van der Waals surface area contributed by atoms with Crippen LogP contribution in [0.4, 0.5) is 0 Å². The lowest BCUT2D eigenvalue weighted by Gasteiger charge is -2.26. The van der Waals surface area contributed by atoms with Crippen molar-refractivity contribution in [2.24, 2.45) is 5.92 Å². The standard InChI is InChI=1S/C10H18N/c1-2-6-9(5-1)10-7-3-4-8-11-10/h9-10H,1-8H2. The van der Waals surface area contributed by atoms with Gasteiger partial charge in [-0.1, -0.05) is 19.3 Å². The maximum absolute atomic E-state index is 4.71. The maximum Gasteiger partial charge on any atom is 0.0274 e. The van der Waals surface area contributed by atoms with E-state index in [9.17, 15) is 0 Å². The lowest BCUT2D eigenvalue weighted by molar-refractivity contribution is 0.292. The van der Waals surface area contributed by atoms with Gasteiger partial charge in [0.2, 0.25) is 0 Å². The second kappa shape index (κ2) is 3.57. The summed E-state index contributed by atoms with van der Waals surface area (Å²) in [7, 11) is 0. The van der Waals surface area contributed by atoms with E-state index in [1.165, 1.54) is 44.9 Å². The fraction of sp³-hybridized carbons (Fsp3) is 1.00. The average molecular weight is 152 g/mol. The van der Waals surface area contributed by atoms with Crippen LogP contribution in [0.5, 0.6) is 0 Å². The van der Waals surface area contributed by atoms with Crippen LogP contribution in [0.3, 0.4) is 0 Å². The number of hydrogen-bond acceptors (Lipinski definition) is 0. The van der Waals surface area contributed by atoms with Crippen LogP contribution in [0.25, 0.3) is 0 Å². The summed E-state index contributed by atoms with van der Waals surface area (Å²) in [5.74, 6) is 0.982. The molecule has 2 aliphatic rings. The van der Waals surface area contributed by atoms with Crippen molar-refractivity contribution in [1.82, 2.24) is 5.32 Å². The zero-order valence-corrected chi connectivity index (χ0v) is 7.26. The first kappa shape index (κ1) is 7.60. The van der Waals surface area contributed by atoms with Crippen LogP contribution in [0.15, 0.2) is 0 Å². The molecule has 2 rings (SSSR count). The Balaban J connectivity index is 1.82. The normalized spacial score (nSPS) is 34.4. The van der Waals surface area contributed by atoms with E-state index < -0.39 is 0 Å². The van der Waals surface area contributed by atoms with Crippen LogP contribution in [0.1, 0.15) is 44.9 Å². The molecule has 0 aromatic rings. The molecular weight excluding hydrogens is 134 g/mol. The van der Waals surface area contributed by atoms with Gasteiger partial charge in [-0.05, 0) is 31.6 Å². The molecule has 0 spiro atoms. The molecule has 1 saturated heterocycles. The molecule has 2 fully saturated rings. The lowest BCUT2D eigenvalue weighted by Crippen LogP contribution is -2.33. The van der Waals surface area contributed by atoms with Gasteiger partial charge < -0.3 is 0 Å². The first-order valence-electron chi connectivity index (χ1n) is 5.13. The van der Waals surface area contributed by atoms with Crippen molar-refractivity contribution in [3.05, 3.63) is 0 Å². The van der Waals surface area contributed by atoms with Crippen molar-refractivity contribution in [2.45, 2.75) is 51.0 Å². The lowest BCUT2D eigenvalue weighted by atomic mass is 9.91. The number of hydrogen-bond donors (Lipinski definition) is 0. The molecule has 63 valence electrons. The predicted octanol–water partition coefficient (Wildman–Crippen LogP) is 2.33. The topological polar surface area (TPSA) is 14.1 Å². The summed E-state index contributed by atoms with van der Waals surface area (Å²) in [5.41, 5.74) is 0. The molecule has 1 aliphatic heterocycles. The van der Waals surface area contributed by atoms with Gasteiger partial charge in [0.05, 0.1) is 0 Å². The zero-order valence-electron chi connectivity index (χ0n) is 7.26. The minimum atomic E-state index is 0.770. The molecule has 1 radical (unpaired) electrons. The van der Waals surface area contributed by atoms with Crippen molar-refractivity contribution in [3.63, 3.8) is 0 Å². The summed E-state index contributed by atoms with van der Waals surface area (Å²) in [5, 5.41) is 4.71. The molecule has 0 aromatic carbocycles. The van der Waals surface area contributed by atoms with Gasteiger partial charge in [-0.15, -0.1) is 0 Å². The third-order valence-electron chi connectivity index (χ3n) is 3.22. The molecule has 1 nitrogen and oxygen atoms in total. The first-order chi connectivity index (χ1) is 5.47. The highest BCUT2D eigenvalue weighted by molar-refractivity contribution is 4.82. The average Bonchev–Trinajstić information content (AvgIpc) is 2.58. The molecule has 1 aliphatic carbocycles. The molecule has 1 saturated carbocycles. The van der Waals surface area contributed by atoms with E-state index in [0.29, 0.717) is 0 Å². The minimum Gasteiger partial charge on any atom is -0.238 e. The smallest absolute Gasteiger partial charge is 0.0274 e. The Kier molecular flexibility index (Phi) is 2.47. The number of piperidine rings is 1. The molecule has 1 atom stereocenters. The van der Waals surface area contributed by atoms with E-state index in [4.69, 9.17) is 5.32 Å². The van der Waals surface area contributed by atoms with E-state index in [-0.39, 0.29) is 0 Å². The Morgan fingerprint density at radius 2 is 1.55 bits per heavy atom. The Morgan fingerprint density at radius 1 is 0.818 bits per heavy atom. The van der Waals surface area contributed by atoms with Crippen molar-refractivity contribution in [3.8, 4) is 0 Å². The summed E-state index contributed by atoms with van der Waals surface area (Å²) in [6.45, 7) is 1.15. The largest absolute Gasteiger partial charge is 0.238 e. The minimum absolute atomic E-state index is 0.770. The monoisotopic (exact) mass is 152 g/mol. The summed E-state index contributed by atoms with van der Waals surface area (Å²) in [6.07, 6.45) is 10.0. The Hall–Kier alpha value is -0.0400. The summed E-state index contributed by atoms with van der Waals surface area (Å²) in [4.78, 5) is 0. The van der Waals surface area contributed by atoms with E-state index in [2.05, 4.69) is 0 Å². The fourth-order valence-corrected chi connectivity index (χ4v) is 2.54. The first-order valence-corrected chi connectivity index (χ1v) is 5.13. The van der Waals surface area contributed by atoms with Crippen molar-refractivity contribution >= 4 is 0 Å². The quantitative estimate of drug-likeness (QED) is 0.547. The molecule has 0 aromatic heterocycles. The van der Waals surface area contributed by atoms with Crippen LogP contribution < -0.4 is 5.32 Å². The molecule has 0 amide bonds. The van der Waals surface area contributed by atoms with Gasteiger partial charge in [0.1, 0.15) is 0 Å². The van der Waals surface area contributed by atoms with Gasteiger partial charge in [-0.25, -0.2) is 5.32 Å². The van der Waals surface area contributed by atoms with Gasteiger partial charge in [-0.2, -0.15) is 0 Å². The second-order valence-corrected chi connectivity index (χ2v) is 4.01. The number of rotatable bonds is 1. The Bertz CT molecular complexity index is 110. The van der Waals surface area contributed by atoms with Crippen LogP contribution in [-0.4, -0.2) is 12.6 Å². The molecule has 1 heterocycles. The predicted molar refractivity (Wildman–Crippen MR) is 46.6 cm³/mol. The van der Waals surface area contributed by atoms with E-state index in [0.717, 1.165) is 18.5 Å². The van der Waals surface area contributed by atoms with E-state index in [1.807, 2.05) is 0 Å². The third-order valence-corrected chi connectivity index (χ3v) is 3.22. The van der Waals surface area contributed by atoms with Gasteiger partial charge in [-0.3, -0.25) is 0 Å². The van der Waals surface area contributed by atoms with Gasteiger partial charge in [0.15, 0.2) is 0 Å². The molecular formula is C10H18N. The van der Waals surface area contributed by atoms with Gasteiger partial charge in [0.25, 0.3) is 0 Å². The van der Waals surface area contributed by atoms with Gasteiger partial charge >= 0.3 is 0 Å². The molecule has 11 heavy (non-hydrogen) atoms. The van der Waals surface area contributed by atoms with Crippen molar-refractivity contribution in [2.75, 3.05) is 6.54 Å². The maximum atomic E-state index is 4.71. The van der Waals surface area contributed by atoms with Gasteiger partial charge in [0, 0.05) is 12.6 Å².